The van der Waals surface area contributed by atoms with Crippen LogP contribution in [-0.2, 0) is 27.2 Å². The van der Waals surface area contributed by atoms with Crippen LogP contribution in [0.25, 0.3) is 0 Å². The van der Waals surface area contributed by atoms with Crippen molar-refractivity contribution in [1.82, 2.24) is 10.2 Å². The van der Waals surface area contributed by atoms with Crippen molar-refractivity contribution in [2.45, 2.75) is 37.6 Å². The quantitative estimate of drug-likeness (QED) is 0.724. The van der Waals surface area contributed by atoms with Gasteiger partial charge in [0.15, 0.2) is 0 Å². The van der Waals surface area contributed by atoms with E-state index in [4.69, 9.17) is 0 Å². The van der Waals surface area contributed by atoms with Gasteiger partial charge in [-0.3, -0.25) is 19.3 Å². The van der Waals surface area contributed by atoms with Crippen LogP contribution in [0.5, 0.6) is 0 Å². The van der Waals surface area contributed by atoms with Crippen molar-refractivity contribution in [3.63, 3.8) is 0 Å². The third-order valence-electron chi connectivity index (χ3n) is 6.49. The number of rotatable bonds is 4. The largest absolute Gasteiger partial charge is 0.325 e. The molecular formula is C24H24N4O4. The Balaban J connectivity index is 1.27. The average molecular weight is 432 g/mol. The lowest BCUT2D eigenvalue weighted by molar-refractivity contribution is -0.134. The van der Waals surface area contributed by atoms with E-state index in [2.05, 4.69) is 10.6 Å². The first kappa shape index (κ1) is 20.2. The highest BCUT2D eigenvalue weighted by molar-refractivity contribution is 6.10. The molecule has 1 atom stereocenters. The Labute approximate surface area is 185 Å². The van der Waals surface area contributed by atoms with Crippen LogP contribution in [-0.4, -0.2) is 47.3 Å². The lowest BCUT2D eigenvalue weighted by Crippen LogP contribution is -2.51. The normalized spacial score (nSPS) is 22.3. The van der Waals surface area contributed by atoms with Crippen LogP contribution in [0.2, 0.25) is 0 Å². The van der Waals surface area contributed by atoms with Gasteiger partial charge in [-0.1, -0.05) is 30.3 Å². The summed E-state index contributed by atoms with van der Waals surface area (Å²) in [7, 11) is 0. The lowest BCUT2D eigenvalue weighted by atomic mass is 9.78. The van der Waals surface area contributed by atoms with Crippen molar-refractivity contribution < 1.29 is 19.2 Å². The van der Waals surface area contributed by atoms with E-state index in [-0.39, 0.29) is 18.4 Å². The summed E-state index contributed by atoms with van der Waals surface area (Å²) in [5.74, 6) is -0.762. The molecule has 0 bridgehead atoms. The Morgan fingerprint density at radius 1 is 1.03 bits per heavy atom. The first-order chi connectivity index (χ1) is 15.4. The molecule has 2 aliphatic heterocycles. The molecular weight excluding hydrogens is 408 g/mol. The Bertz CT molecular complexity index is 1130. The number of fused-ring (bicyclic) bond motifs is 1. The maximum absolute atomic E-state index is 13.2. The summed E-state index contributed by atoms with van der Waals surface area (Å²) in [4.78, 5) is 53.1. The monoisotopic (exact) mass is 432 g/mol. The van der Waals surface area contributed by atoms with E-state index in [1.54, 1.807) is 23.1 Å². The maximum atomic E-state index is 13.2. The molecule has 2 aromatic carbocycles. The molecule has 2 saturated heterocycles. The highest BCUT2D eigenvalue weighted by Gasteiger charge is 2.52. The third-order valence-corrected chi connectivity index (χ3v) is 6.49. The molecule has 0 saturated carbocycles. The van der Waals surface area contributed by atoms with Crippen LogP contribution in [0.15, 0.2) is 48.5 Å². The van der Waals surface area contributed by atoms with Gasteiger partial charge in [-0.2, -0.15) is 0 Å². The summed E-state index contributed by atoms with van der Waals surface area (Å²) in [5.41, 5.74) is 2.49. The zero-order valence-corrected chi connectivity index (χ0v) is 17.6. The van der Waals surface area contributed by atoms with Crippen LogP contribution in [0.1, 0.15) is 30.4 Å². The maximum Gasteiger partial charge on any atom is 0.325 e. The second-order valence-corrected chi connectivity index (χ2v) is 8.60. The van der Waals surface area contributed by atoms with Crippen molar-refractivity contribution in [1.29, 1.82) is 0 Å². The number of carbonyl (C=O) groups excluding carboxylic acids is 4. The topological polar surface area (TPSA) is 98.8 Å². The van der Waals surface area contributed by atoms with Crippen molar-refractivity contribution in [2.24, 2.45) is 0 Å². The van der Waals surface area contributed by atoms with E-state index in [1.807, 2.05) is 30.3 Å². The van der Waals surface area contributed by atoms with Crippen LogP contribution in [0.4, 0.5) is 16.2 Å². The highest BCUT2D eigenvalue weighted by Crippen LogP contribution is 2.33. The van der Waals surface area contributed by atoms with E-state index in [1.165, 1.54) is 5.56 Å². The van der Waals surface area contributed by atoms with Gasteiger partial charge in [-0.05, 0) is 48.6 Å². The molecule has 8 heteroatoms. The summed E-state index contributed by atoms with van der Waals surface area (Å²) < 4.78 is 0. The number of hydrogen-bond acceptors (Lipinski definition) is 4. The van der Waals surface area contributed by atoms with Gasteiger partial charge in [0.05, 0.1) is 0 Å². The fourth-order valence-electron chi connectivity index (χ4n) is 4.86. The summed E-state index contributed by atoms with van der Waals surface area (Å²) in [6.45, 7) is 0.296. The van der Waals surface area contributed by atoms with E-state index >= 15 is 0 Å². The molecule has 2 heterocycles. The minimum absolute atomic E-state index is 0.0622. The highest BCUT2D eigenvalue weighted by atomic mass is 16.2. The number of nitrogens with one attached hydrogen (secondary N) is 2. The van der Waals surface area contributed by atoms with Crippen molar-refractivity contribution in [2.75, 3.05) is 23.3 Å². The van der Waals surface area contributed by atoms with Gasteiger partial charge in [0.2, 0.25) is 11.8 Å². The molecule has 8 nitrogen and oxygen atoms in total. The molecule has 32 heavy (non-hydrogen) atoms. The number of benzene rings is 2. The van der Waals surface area contributed by atoms with Crippen molar-refractivity contribution in [3.05, 3.63) is 59.7 Å². The van der Waals surface area contributed by atoms with Crippen molar-refractivity contribution >= 4 is 35.1 Å². The second kappa shape index (κ2) is 7.78. The van der Waals surface area contributed by atoms with Crippen molar-refractivity contribution in [3.8, 4) is 0 Å². The molecule has 2 N–H and O–H groups in total. The molecule has 164 valence electrons. The SMILES string of the molecule is O=C(CN1C(=O)NC2(CCc3ccccc3C2)C1=O)Nc1cccc(N2CCCC2=O)c1. The zero-order chi connectivity index (χ0) is 22.3. The Kier molecular flexibility index (Phi) is 4.92. The van der Waals surface area contributed by atoms with Crippen LogP contribution in [0, 0.1) is 0 Å². The van der Waals surface area contributed by atoms with Gasteiger partial charge in [-0.25, -0.2) is 4.79 Å². The van der Waals surface area contributed by atoms with Gasteiger partial charge < -0.3 is 15.5 Å². The third kappa shape index (κ3) is 3.51. The van der Waals surface area contributed by atoms with Gasteiger partial charge in [0.1, 0.15) is 12.1 Å². The fraction of sp³-hybridized carbons (Fsp3) is 0.333. The first-order valence-corrected chi connectivity index (χ1v) is 10.9. The summed E-state index contributed by atoms with van der Waals surface area (Å²) in [6.07, 6.45) is 2.98. The lowest BCUT2D eigenvalue weighted by Gasteiger charge is -2.32. The molecule has 0 aromatic heterocycles. The van der Waals surface area contributed by atoms with Gasteiger partial charge in [0, 0.05) is 30.8 Å². The number of aryl methyl sites for hydroxylation is 1. The number of hydrogen-bond donors (Lipinski definition) is 2. The van der Waals surface area contributed by atoms with Gasteiger partial charge in [-0.15, -0.1) is 0 Å². The molecule has 2 aromatic rings. The standard InChI is InChI=1S/C24H24N4O4/c29-20(25-18-7-3-8-19(13-18)27-12-4-9-21(27)30)15-28-22(31)24(26-23(28)32)11-10-16-5-1-2-6-17(16)14-24/h1-3,5-8,13H,4,9-12,14-15H2,(H,25,29)(H,26,32). The first-order valence-electron chi connectivity index (χ1n) is 10.9. The summed E-state index contributed by atoms with van der Waals surface area (Å²) in [6, 6.07) is 14.4. The number of anilines is 2. The van der Waals surface area contributed by atoms with Gasteiger partial charge >= 0.3 is 6.03 Å². The minimum atomic E-state index is -0.984. The number of amides is 5. The van der Waals surface area contributed by atoms with Crippen LogP contribution in [0.3, 0.4) is 0 Å². The van der Waals surface area contributed by atoms with E-state index in [9.17, 15) is 19.2 Å². The molecule has 5 amide bonds. The second-order valence-electron chi connectivity index (χ2n) is 8.60. The average Bonchev–Trinajstić information content (AvgIpc) is 3.31. The summed E-state index contributed by atoms with van der Waals surface area (Å²) in [5, 5.41) is 5.59. The molecule has 1 aliphatic carbocycles. The van der Waals surface area contributed by atoms with Gasteiger partial charge in [0.25, 0.3) is 5.91 Å². The number of imide groups is 1. The number of nitrogens with zero attached hydrogens (tertiary/aromatic N) is 2. The number of urea groups is 1. The zero-order valence-electron chi connectivity index (χ0n) is 17.6. The Morgan fingerprint density at radius 3 is 2.62 bits per heavy atom. The molecule has 1 spiro atoms. The molecule has 3 aliphatic rings. The molecule has 2 fully saturated rings. The Morgan fingerprint density at radius 2 is 1.84 bits per heavy atom. The van der Waals surface area contributed by atoms with E-state index in [0.29, 0.717) is 37.9 Å². The predicted molar refractivity (Wildman–Crippen MR) is 118 cm³/mol. The minimum Gasteiger partial charge on any atom is -0.324 e. The van der Waals surface area contributed by atoms with E-state index in [0.717, 1.165) is 22.6 Å². The smallest absolute Gasteiger partial charge is 0.324 e. The summed E-state index contributed by atoms with van der Waals surface area (Å²) >= 11 is 0. The number of carbonyl (C=O) groups is 4. The molecule has 0 radical (unpaired) electrons. The molecule has 5 rings (SSSR count). The Hall–Kier alpha value is -3.68. The fourth-order valence-corrected chi connectivity index (χ4v) is 4.86. The van der Waals surface area contributed by atoms with E-state index < -0.39 is 17.5 Å². The molecule has 1 unspecified atom stereocenters. The van der Waals surface area contributed by atoms with Crippen LogP contribution >= 0.6 is 0 Å². The predicted octanol–water partition coefficient (Wildman–Crippen LogP) is 2.23. The van der Waals surface area contributed by atoms with Crippen LogP contribution < -0.4 is 15.5 Å².